The molecule has 1 aromatic carbocycles. The third-order valence-electron chi connectivity index (χ3n) is 3.04. The molecule has 1 aromatic rings. The number of hydrogen-bond donors (Lipinski definition) is 0. The van der Waals surface area contributed by atoms with Gasteiger partial charge < -0.3 is 14.2 Å². The molecule has 0 saturated heterocycles. The van der Waals surface area contributed by atoms with Crippen molar-refractivity contribution >= 4 is 0 Å². The van der Waals surface area contributed by atoms with Crippen LogP contribution in [0.1, 0.15) is 5.56 Å². The van der Waals surface area contributed by atoms with E-state index in [0.717, 1.165) is 0 Å². The van der Waals surface area contributed by atoms with Gasteiger partial charge in [0.2, 0.25) is 17.5 Å². The van der Waals surface area contributed by atoms with Gasteiger partial charge >= 0.3 is 0 Å². The molecule has 112 valence electrons. The molecular formula is C15H13F3O3. The van der Waals surface area contributed by atoms with Crippen LogP contribution in [-0.4, -0.2) is 14.2 Å². The topological polar surface area (TPSA) is 27.7 Å². The average molecular weight is 298 g/mol. The van der Waals surface area contributed by atoms with Gasteiger partial charge in [0, 0.05) is 12.0 Å². The van der Waals surface area contributed by atoms with Crippen molar-refractivity contribution in [3.63, 3.8) is 0 Å². The van der Waals surface area contributed by atoms with Crippen LogP contribution in [-0.2, 0) is 11.2 Å². The van der Waals surface area contributed by atoms with Gasteiger partial charge in [0.25, 0.3) is 0 Å². The highest BCUT2D eigenvalue weighted by Gasteiger charge is 2.29. The summed E-state index contributed by atoms with van der Waals surface area (Å²) in [5.41, 5.74) is 0.571. The van der Waals surface area contributed by atoms with Crippen molar-refractivity contribution in [2.45, 2.75) is 6.42 Å². The van der Waals surface area contributed by atoms with E-state index in [-0.39, 0.29) is 29.3 Å². The first-order chi connectivity index (χ1) is 9.90. The summed E-state index contributed by atoms with van der Waals surface area (Å²) < 4.78 is 56.2. The number of hydrogen-bond acceptors (Lipinski definition) is 3. The zero-order valence-corrected chi connectivity index (χ0v) is 11.6. The van der Waals surface area contributed by atoms with E-state index in [9.17, 15) is 13.2 Å². The van der Waals surface area contributed by atoms with Crippen LogP contribution in [0.3, 0.4) is 0 Å². The number of benzene rings is 1. The van der Waals surface area contributed by atoms with Gasteiger partial charge in [-0.2, -0.15) is 13.2 Å². The lowest BCUT2D eigenvalue weighted by Crippen LogP contribution is -2.14. The lowest BCUT2D eigenvalue weighted by Gasteiger charge is -2.23. The summed E-state index contributed by atoms with van der Waals surface area (Å²) in [6, 6.07) is 1.29. The van der Waals surface area contributed by atoms with Gasteiger partial charge in [0.1, 0.15) is 0 Å². The smallest absolute Gasteiger partial charge is 0.207 e. The predicted octanol–water partition coefficient (Wildman–Crippen LogP) is 3.81. The number of allylic oxidation sites excluding steroid dienone is 2. The van der Waals surface area contributed by atoms with Crippen molar-refractivity contribution in [3.8, 4) is 11.5 Å². The fourth-order valence-corrected chi connectivity index (χ4v) is 1.93. The van der Waals surface area contributed by atoms with Crippen molar-refractivity contribution < 1.29 is 27.4 Å². The first-order valence-corrected chi connectivity index (χ1v) is 5.94. The second kappa shape index (κ2) is 5.55. The summed E-state index contributed by atoms with van der Waals surface area (Å²) in [6.07, 6.45) is 0.0860. The van der Waals surface area contributed by atoms with Crippen LogP contribution in [0.15, 0.2) is 42.1 Å². The molecule has 1 aliphatic rings. The molecule has 6 heteroatoms. The van der Waals surface area contributed by atoms with Gasteiger partial charge in [-0.05, 0) is 11.6 Å². The van der Waals surface area contributed by atoms with E-state index in [1.54, 1.807) is 0 Å². The molecule has 0 spiro atoms. The molecule has 0 atom stereocenters. The van der Waals surface area contributed by atoms with Crippen molar-refractivity contribution in [3.05, 3.63) is 59.3 Å². The first-order valence-electron chi connectivity index (χ1n) is 5.94. The molecule has 0 N–H and O–H groups in total. The van der Waals surface area contributed by atoms with Gasteiger partial charge in [-0.3, -0.25) is 0 Å². The molecule has 1 heterocycles. The monoisotopic (exact) mass is 298 g/mol. The van der Waals surface area contributed by atoms with Gasteiger partial charge in [-0.1, -0.05) is 13.2 Å². The van der Waals surface area contributed by atoms with Crippen molar-refractivity contribution in [1.82, 2.24) is 0 Å². The summed E-state index contributed by atoms with van der Waals surface area (Å²) in [5.74, 6) is -4.61. The number of halogens is 3. The molecular weight excluding hydrogens is 285 g/mol. The van der Waals surface area contributed by atoms with Crippen molar-refractivity contribution in [2.24, 2.45) is 0 Å². The summed E-state index contributed by atoms with van der Waals surface area (Å²) in [5, 5.41) is 0. The SMILES string of the molecule is C=C(OC)/C(F)=C1/Oc2c(cc(OC)c(F)c2F)CC1=C. The Morgan fingerprint density at radius 1 is 1.29 bits per heavy atom. The Hall–Kier alpha value is -2.37. The second-order valence-electron chi connectivity index (χ2n) is 4.35. The molecule has 0 saturated carbocycles. The Balaban J connectivity index is 2.56. The van der Waals surface area contributed by atoms with E-state index >= 15 is 0 Å². The van der Waals surface area contributed by atoms with Crippen LogP contribution in [0.2, 0.25) is 0 Å². The number of methoxy groups -OCH3 is 2. The van der Waals surface area contributed by atoms with Crippen molar-refractivity contribution in [1.29, 1.82) is 0 Å². The van der Waals surface area contributed by atoms with Crippen molar-refractivity contribution in [2.75, 3.05) is 14.2 Å². The zero-order valence-electron chi connectivity index (χ0n) is 11.6. The van der Waals surface area contributed by atoms with E-state index in [1.165, 1.54) is 20.3 Å². The maximum Gasteiger partial charge on any atom is 0.207 e. The minimum Gasteiger partial charge on any atom is -0.494 e. The number of rotatable bonds is 3. The van der Waals surface area contributed by atoms with Gasteiger partial charge in [0.05, 0.1) is 14.2 Å². The van der Waals surface area contributed by atoms with Gasteiger partial charge in [-0.15, -0.1) is 0 Å². The highest BCUT2D eigenvalue weighted by atomic mass is 19.2. The maximum absolute atomic E-state index is 14.0. The molecule has 0 amide bonds. The van der Waals surface area contributed by atoms with E-state index in [4.69, 9.17) is 9.47 Å². The lowest BCUT2D eigenvalue weighted by molar-refractivity contribution is 0.271. The van der Waals surface area contributed by atoms with Crippen LogP contribution in [0.5, 0.6) is 11.5 Å². The average Bonchev–Trinajstić information content (AvgIpc) is 2.48. The quantitative estimate of drug-likeness (QED) is 0.794. The van der Waals surface area contributed by atoms with Gasteiger partial charge in [-0.25, -0.2) is 0 Å². The number of ether oxygens (including phenoxy) is 3. The molecule has 0 radical (unpaired) electrons. The highest BCUT2D eigenvalue weighted by Crippen LogP contribution is 2.40. The summed E-state index contributed by atoms with van der Waals surface area (Å²) in [4.78, 5) is 0. The van der Waals surface area contributed by atoms with Crippen LogP contribution in [0.4, 0.5) is 13.2 Å². The Kier molecular flexibility index (Phi) is 3.97. The van der Waals surface area contributed by atoms with E-state index in [1.807, 2.05) is 0 Å². The fourth-order valence-electron chi connectivity index (χ4n) is 1.93. The Labute approximate surface area is 119 Å². The normalized spacial score (nSPS) is 16.0. The summed E-state index contributed by atoms with van der Waals surface area (Å²) in [7, 11) is 2.45. The third-order valence-corrected chi connectivity index (χ3v) is 3.04. The molecule has 3 nitrogen and oxygen atoms in total. The fraction of sp³-hybridized carbons (Fsp3) is 0.200. The van der Waals surface area contributed by atoms with E-state index in [2.05, 4.69) is 17.9 Å². The molecule has 0 aliphatic carbocycles. The molecule has 1 aliphatic heterocycles. The number of fused-ring (bicyclic) bond motifs is 1. The standard InChI is InChI=1S/C15H13F3O3/c1-7-5-9-6-10(20-4)12(17)13(18)15(9)21-14(7)11(16)8(2)19-3/h6H,1-2,5H2,3-4H3/b14-11-. The Morgan fingerprint density at radius 2 is 1.95 bits per heavy atom. The Bertz CT molecular complexity index is 663. The molecule has 0 unspecified atom stereocenters. The largest absolute Gasteiger partial charge is 0.494 e. The minimum atomic E-state index is -1.25. The highest BCUT2D eigenvalue weighted by molar-refractivity contribution is 5.52. The molecule has 0 fully saturated rings. The molecule has 2 rings (SSSR count). The molecule has 0 bridgehead atoms. The maximum atomic E-state index is 14.0. The Morgan fingerprint density at radius 3 is 2.52 bits per heavy atom. The lowest BCUT2D eigenvalue weighted by atomic mass is 9.99. The van der Waals surface area contributed by atoms with Crippen LogP contribution in [0, 0.1) is 11.6 Å². The summed E-state index contributed by atoms with van der Waals surface area (Å²) >= 11 is 0. The van der Waals surface area contributed by atoms with Gasteiger partial charge in [0.15, 0.2) is 23.0 Å². The zero-order chi connectivity index (χ0) is 15.7. The summed E-state index contributed by atoms with van der Waals surface area (Å²) in [6.45, 7) is 7.01. The van der Waals surface area contributed by atoms with Crippen LogP contribution >= 0.6 is 0 Å². The van der Waals surface area contributed by atoms with E-state index < -0.39 is 23.2 Å². The second-order valence-corrected chi connectivity index (χ2v) is 4.35. The first kappa shape index (κ1) is 15.0. The minimum absolute atomic E-state index is 0.0860. The van der Waals surface area contributed by atoms with E-state index in [0.29, 0.717) is 5.56 Å². The van der Waals surface area contributed by atoms with Crippen LogP contribution < -0.4 is 9.47 Å². The molecule has 21 heavy (non-hydrogen) atoms. The predicted molar refractivity (Wildman–Crippen MR) is 70.7 cm³/mol. The third kappa shape index (κ3) is 2.49. The van der Waals surface area contributed by atoms with Crippen LogP contribution in [0.25, 0.3) is 0 Å². The molecule has 0 aromatic heterocycles.